The third kappa shape index (κ3) is 4.45. The number of anilines is 1. The molecule has 0 N–H and O–H groups in total. The molecule has 0 fully saturated rings. The molecule has 26 heavy (non-hydrogen) atoms. The summed E-state index contributed by atoms with van der Waals surface area (Å²) in [5.41, 5.74) is 2.66. The third-order valence-electron chi connectivity index (χ3n) is 4.13. The van der Waals surface area contributed by atoms with Gasteiger partial charge in [0.25, 0.3) is 5.91 Å². The zero-order valence-electron chi connectivity index (χ0n) is 15.0. The molecule has 3 aromatic rings. The average Bonchev–Trinajstić information content (AvgIpc) is 2.69. The number of nitrogens with zero attached hydrogens (tertiary/aromatic N) is 4. The Labute approximate surface area is 153 Å². The Bertz CT molecular complexity index is 852. The van der Waals surface area contributed by atoms with Gasteiger partial charge in [0.05, 0.1) is 0 Å². The molecule has 0 bridgehead atoms. The van der Waals surface area contributed by atoms with Crippen molar-refractivity contribution in [3.63, 3.8) is 0 Å². The molecule has 1 heterocycles. The predicted molar refractivity (Wildman–Crippen MR) is 103 cm³/mol. The van der Waals surface area contributed by atoms with Crippen molar-refractivity contribution in [2.24, 2.45) is 0 Å². The molecule has 0 unspecified atom stereocenters. The second-order valence-electron chi connectivity index (χ2n) is 6.25. The van der Waals surface area contributed by atoms with Crippen molar-refractivity contribution in [3.8, 4) is 0 Å². The van der Waals surface area contributed by atoms with Crippen LogP contribution in [0.25, 0.3) is 0 Å². The quantitative estimate of drug-likeness (QED) is 0.686. The van der Waals surface area contributed by atoms with Crippen LogP contribution in [0.5, 0.6) is 0 Å². The molecule has 0 spiro atoms. The lowest BCUT2D eigenvalue weighted by molar-refractivity contribution is 0.0779. The van der Waals surface area contributed by atoms with E-state index in [1.165, 1.54) is 11.9 Å². The summed E-state index contributed by atoms with van der Waals surface area (Å²) in [6.07, 6.45) is 1.44. The summed E-state index contributed by atoms with van der Waals surface area (Å²) in [5, 5.41) is 0. The second kappa shape index (κ2) is 8.25. The lowest BCUT2D eigenvalue weighted by Crippen LogP contribution is -2.27. The molecule has 0 atom stereocenters. The fourth-order valence-corrected chi connectivity index (χ4v) is 2.74. The Morgan fingerprint density at radius 2 is 1.42 bits per heavy atom. The largest absolute Gasteiger partial charge is 0.355 e. The minimum atomic E-state index is -0.120. The van der Waals surface area contributed by atoms with Crippen LogP contribution in [0, 0.1) is 0 Å². The smallest absolute Gasteiger partial charge is 0.272 e. The van der Waals surface area contributed by atoms with Gasteiger partial charge in [0.1, 0.15) is 17.8 Å². The van der Waals surface area contributed by atoms with Gasteiger partial charge in [0, 0.05) is 33.3 Å². The summed E-state index contributed by atoms with van der Waals surface area (Å²) in [4.78, 5) is 24.8. The van der Waals surface area contributed by atoms with Crippen LogP contribution in [0.4, 0.5) is 5.82 Å². The Morgan fingerprint density at radius 3 is 2.04 bits per heavy atom. The summed E-state index contributed by atoms with van der Waals surface area (Å²) in [5.74, 6) is 0.603. The maximum atomic E-state index is 12.7. The minimum absolute atomic E-state index is 0.120. The SMILES string of the molecule is CN(Cc1ccccc1)C(=O)c1cc(N(C)Cc2ccccc2)ncn1. The van der Waals surface area contributed by atoms with E-state index in [0.717, 1.165) is 11.4 Å². The minimum Gasteiger partial charge on any atom is -0.355 e. The first kappa shape index (κ1) is 17.6. The van der Waals surface area contributed by atoms with E-state index in [4.69, 9.17) is 0 Å². The lowest BCUT2D eigenvalue weighted by atomic mass is 10.2. The second-order valence-corrected chi connectivity index (χ2v) is 6.25. The van der Waals surface area contributed by atoms with Crippen LogP contribution in [0.3, 0.4) is 0 Å². The Morgan fingerprint density at radius 1 is 0.846 bits per heavy atom. The molecule has 0 aliphatic heterocycles. The molecular weight excluding hydrogens is 324 g/mol. The molecule has 0 aliphatic rings. The van der Waals surface area contributed by atoms with Crippen LogP contribution in [-0.2, 0) is 13.1 Å². The van der Waals surface area contributed by atoms with E-state index < -0.39 is 0 Å². The number of rotatable bonds is 6. The highest BCUT2D eigenvalue weighted by molar-refractivity contribution is 5.92. The van der Waals surface area contributed by atoms with Crippen LogP contribution in [0.2, 0.25) is 0 Å². The number of carbonyl (C=O) groups excluding carboxylic acids is 1. The van der Waals surface area contributed by atoms with Gasteiger partial charge in [-0.2, -0.15) is 0 Å². The van der Waals surface area contributed by atoms with Gasteiger partial charge in [-0.3, -0.25) is 4.79 Å². The fourth-order valence-electron chi connectivity index (χ4n) is 2.74. The number of hydrogen-bond acceptors (Lipinski definition) is 4. The zero-order chi connectivity index (χ0) is 18.4. The van der Waals surface area contributed by atoms with Gasteiger partial charge in [-0.25, -0.2) is 9.97 Å². The number of benzene rings is 2. The van der Waals surface area contributed by atoms with Crippen molar-refractivity contribution in [2.75, 3.05) is 19.0 Å². The Balaban J connectivity index is 1.70. The van der Waals surface area contributed by atoms with Crippen LogP contribution < -0.4 is 4.90 Å². The molecule has 1 amide bonds. The highest BCUT2D eigenvalue weighted by Gasteiger charge is 2.15. The molecule has 3 rings (SSSR count). The first-order valence-electron chi connectivity index (χ1n) is 8.50. The summed E-state index contributed by atoms with van der Waals surface area (Å²) < 4.78 is 0. The molecule has 132 valence electrons. The van der Waals surface area contributed by atoms with Crippen LogP contribution in [0.1, 0.15) is 21.6 Å². The van der Waals surface area contributed by atoms with Crippen LogP contribution >= 0.6 is 0 Å². The van der Waals surface area contributed by atoms with Gasteiger partial charge in [-0.15, -0.1) is 0 Å². The molecule has 0 aliphatic carbocycles. The maximum Gasteiger partial charge on any atom is 0.272 e. The van der Waals surface area contributed by atoms with E-state index in [1.807, 2.05) is 60.5 Å². The Kier molecular flexibility index (Phi) is 5.59. The molecule has 1 aromatic heterocycles. The standard InChI is InChI=1S/C21H22N4O/c1-24(14-17-9-5-3-6-10-17)20-13-19(22-16-23-20)21(26)25(2)15-18-11-7-4-8-12-18/h3-13,16H,14-15H2,1-2H3. The normalized spacial score (nSPS) is 10.4. The van der Waals surface area contributed by atoms with Gasteiger partial charge in [0.15, 0.2) is 0 Å². The van der Waals surface area contributed by atoms with Gasteiger partial charge >= 0.3 is 0 Å². The molecule has 5 nitrogen and oxygen atoms in total. The zero-order valence-corrected chi connectivity index (χ0v) is 15.0. The number of amides is 1. The van der Waals surface area contributed by atoms with E-state index in [0.29, 0.717) is 18.8 Å². The van der Waals surface area contributed by atoms with Gasteiger partial charge in [-0.1, -0.05) is 60.7 Å². The highest BCUT2D eigenvalue weighted by atomic mass is 16.2. The topological polar surface area (TPSA) is 49.3 Å². The van der Waals surface area contributed by atoms with E-state index in [-0.39, 0.29) is 5.91 Å². The van der Waals surface area contributed by atoms with Crippen molar-refractivity contribution >= 4 is 11.7 Å². The van der Waals surface area contributed by atoms with Crippen molar-refractivity contribution < 1.29 is 4.79 Å². The number of carbonyl (C=O) groups is 1. The molecule has 2 aromatic carbocycles. The molecule has 0 saturated carbocycles. The molecule has 5 heteroatoms. The van der Waals surface area contributed by atoms with E-state index in [1.54, 1.807) is 18.0 Å². The Hall–Kier alpha value is -3.21. The van der Waals surface area contributed by atoms with Gasteiger partial charge in [-0.05, 0) is 11.1 Å². The average molecular weight is 346 g/mol. The van der Waals surface area contributed by atoms with Crippen LogP contribution in [-0.4, -0.2) is 34.9 Å². The first-order chi connectivity index (χ1) is 12.6. The highest BCUT2D eigenvalue weighted by Crippen LogP contribution is 2.14. The van der Waals surface area contributed by atoms with Crippen molar-refractivity contribution in [3.05, 3.63) is 89.9 Å². The van der Waals surface area contributed by atoms with Crippen molar-refractivity contribution in [2.45, 2.75) is 13.1 Å². The molecule has 0 radical (unpaired) electrons. The summed E-state index contributed by atoms with van der Waals surface area (Å²) >= 11 is 0. The van der Waals surface area contributed by atoms with E-state index >= 15 is 0 Å². The van der Waals surface area contributed by atoms with E-state index in [9.17, 15) is 4.79 Å². The van der Waals surface area contributed by atoms with Crippen molar-refractivity contribution in [1.29, 1.82) is 0 Å². The van der Waals surface area contributed by atoms with Gasteiger partial charge < -0.3 is 9.80 Å². The van der Waals surface area contributed by atoms with E-state index in [2.05, 4.69) is 22.1 Å². The van der Waals surface area contributed by atoms with Crippen LogP contribution in [0.15, 0.2) is 73.1 Å². The third-order valence-corrected chi connectivity index (χ3v) is 4.13. The van der Waals surface area contributed by atoms with Crippen molar-refractivity contribution in [1.82, 2.24) is 14.9 Å². The lowest BCUT2D eigenvalue weighted by Gasteiger charge is -2.20. The maximum absolute atomic E-state index is 12.7. The summed E-state index contributed by atoms with van der Waals surface area (Å²) in [6.45, 7) is 1.25. The van der Waals surface area contributed by atoms with Gasteiger partial charge in [0.2, 0.25) is 0 Å². The first-order valence-corrected chi connectivity index (χ1v) is 8.50. The number of aromatic nitrogens is 2. The summed E-state index contributed by atoms with van der Waals surface area (Å²) in [7, 11) is 3.74. The fraction of sp³-hybridized carbons (Fsp3) is 0.190. The predicted octanol–water partition coefficient (Wildman–Crippen LogP) is 3.39. The summed E-state index contributed by atoms with van der Waals surface area (Å²) in [6, 6.07) is 21.8. The number of hydrogen-bond donors (Lipinski definition) is 0. The molecule has 0 saturated heterocycles. The molecular formula is C21H22N4O. The monoisotopic (exact) mass is 346 g/mol.